The van der Waals surface area contributed by atoms with Crippen molar-refractivity contribution in [1.82, 2.24) is 19.3 Å². The molecular formula is C45H38N4O2Pt. The Labute approximate surface area is 318 Å². The number of hydrogen-bond donors (Lipinski definition) is 0. The number of aromatic nitrogens is 4. The first-order valence-electron chi connectivity index (χ1n) is 17.3. The molecule has 7 heteroatoms. The molecule has 0 N–H and O–H groups in total. The van der Waals surface area contributed by atoms with Gasteiger partial charge in [0.1, 0.15) is 18.2 Å². The summed E-state index contributed by atoms with van der Waals surface area (Å²) in [5.41, 5.74) is 9.60. The maximum atomic E-state index is 6.41. The van der Waals surface area contributed by atoms with Gasteiger partial charge in [-0.05, 0) is 95.4 Å². The first-order chi connectivity index (χ1) is 24.9. The van der Waals surface area contributed by atoms with E-state index in [1.165, 1.54) is 5.56 Å². The smallest absolute Gasteiger partial charge is 0.509 e. The SMILES string of the molecule is Cc1cc(OCc2ccccc2)cc(C)c1-c1cnn(-c2[c-]c(Oc3[c-]c4c(cc3)c3ccccc3n4-c3cc(CC(C)C)ccn3)ccc2)c1.[Pt+2]. The van der Waals surface area contributed by atoms with Crippen molar-refractivity contribution < 1.29 is 30.5 Å². The second kappa shape index (κ2) is 15.0. The normalized spacial score (nSPS) is 11.2. The zero-order valence-electron chi connectivity index (χ0n) is 29.5. The molecule has 0 spiro atoms. The van der Waals surface area contributed by atoms with E-state index in [1.54, 1.807) is 0 Å². The van der Waals surface area contributed by atoms with Crippen molar-refractivity contribution >= 4 is 21.8 Å². The summed E-state index contributed by atoms with van der Waals surface area (Å²) in [6, 6.07) is 44.0. The summed E-state index contributed by atoms with van der Waals surface area (Å²) in [6.45, 7) is 9.23. The van der Waals surface area contributed by atoms with Gasteiger partial charge in [-0.2, -0.15) is 17.2 Å². The van der Waals surface area contributed by atoms with Gasteiger partial charge in [0.05, 0.1) is 6.20 Å². The number of hydrogen-bond acceptors (Lipinski definition) is 4. The molecule has 8 aromatic rings. The van der Waals surface area contributed by atoms with Gasteiger partial charge in [-0.25, -0.2) is 4.98 Å². The van der Waals surface area contributed by atoms with Crippen LogP contribution < -0.4 is 9.47 Å². The summed E-state index contributed by atoms with van der Waals surface area (Å²) < 4.78 is 16.5. The van der Waals surface area contributed by atoms with E-state index < -0.39 is 0 Å². The van der Waals surface area contributed by atoms with Crippen LogP contribution in [0.3, 0.4) is 0 Å². The predicted molar refractivity (Wildman–Crippen MR) is 204 cm³/mol. The van der Waals surface area contributed by atoms with Crippen LogP contribution in [0.5, 0.6) is 17.2 Å². The Hall–Kier alpha value is -5.45. The van der Waals surface area contributed by atoms with Crippen LogP contribution in [-0.2, 0) is 34.1 Å². The minimum Gasteiger partial charge on any atom is -0.509 e. The summed E-state index contributed by atoms with van der Waals surface area (Å²) >= 11 is 0. The largest absolute Gasteiger partial charge is 2.00 e. The summed E-state index contributed by atoms with van der Waals surface area (Å²) in [5.74, 6) is 3.45. The number of rotatable bonds is 10. The van der Waals surface area contributed by atoms with E-state index in [0.29, 0.717) is 24.0 Å². The van der Waals surface area contributed by atoms with Gasteiger partial charge < -0.3 is 14.0 Å². The van der Waals surface area contributed by atoms with E-state index in [4.69, 9.17) is 19.6 Å². The van der Waals surface area contributed by atoms with Crippen LogP contribution >= 0.6 is 0 Å². The van der Waals surface area contributed by atoms with E-state index in [9.17, 15) is 0 Å². The van der Waals surface area contributed by atoms with Crippen LogP contribution in [0.15, 0.2) is 128 Å². The Morgan fingerprint density at radius 2 is 1.52 bits per heavy atom. The predicted octanol–water partition coefficient (Wildman–Crippen LogP) is 10.8. The Morgan fingerprint density at radius 1 is 0.750 bits per heavy atom. The number of nitrogens with zero attached hydrogens (tertiary/aromatic N) is 4. The monoisotopic (exact) mass is 861 g/mol. The van der Waals surface area contributed by atoms with Gasteiger partial charge in [0, 0.05) is 35.0 Å². The number of para-hydroxylation sites is 1. The number of pyridine rings is 1. The fourth-order valence-corrected chi connectivity index (χ4v) is 6.89. The van der Waals surface area contributed by atoms with Crippen molar-refractivity contribution in [3.8, 4) is 39.9 Å². The fraction of sp³-hybridized carbons (Fsp3) is 0.156. The zero-order chi connectivity index (χ0) is 34.9. The minimum atomic E-state index is 0. The van der Waals surface area contributed by atoms with Crippen LogP contribution in [0.25, 0.3) is 44.4 Å². The van der Waals surface area contributed by atoms with Crippen LogP contribution in [0, 0.1) is 31.9 Å². The molecule has 52 heavy (non-hydrogen) atoms. The van der Waals surface area contributed by atoms with Crippen LogP contribution in [-0.4, -0.2) is 19.3 Å². The molecule has 3 aromatic heterocycles. The summed E-state index contributed by atoms with van der Waals surface area (Å²) in [6.07, 6.45) is 6.82. The third-order valence-electron chi connectivity index (χ3n) is 9.09. The van der Waals surface area contributed by atoms with Gasteiger partial charge in [0.15, 0.2) is 0 Å². The molecule has 0 aliphatic heterocycles. The van der Waals surface area contributed by atoms with E-state index in [0.717, 1.165) is 73.3 Å². The molecule has 6 nitrogen and oxygen atoms in total. The van der Waals surface area contributed by atoms with E-state index in [-0.39, 0.29) is 21.1 Å². The van der Waals surface area contributed by atoms with Gasteiger partial charge >= 0.3 is 21.1 Å². The van der Waals surface area contributed by atoms with Crippen molar-refractivity contribution in [3.05, 3.63) is 162 Å². The standard InChI is InChI=1S/C45H38N4O2.Pt/c1-30(2)21-34-19-20-46-44(24-34)49-42-16-9-8-15-40(42)41-18-17-38(26-43(41)49)51-37-14-10-13-36(25-37)48-28-35(27-47-48)45-31(3)22-39(23-32(45)4)50-29-33-11-6-5-7-12-33;/h5-20,22-24,27-28,30H,21,29H2,1-4H3;/q-2;+2. The molecule has 0 fully saturated rings. The quantitative estimate of drug-likeness (QED) is 0.129. The topological polar surface area (TPSA) is 54.1 Å². The Bertz CT molecular complexity index is 2480. The zero-order valence-corrected chi connectivity index (χ0v) is 31.8. The minimum absolute atomic E-state index is 0. The summed E-state index contributed by atoms with van der Waals surface area (Å²) in [4.78, 5) is 4.79. The second-order valence-electron chi connectivity index (χ2n) is 13.4. The molecule has 0 atom stereocenters. The average molecular weight is 862 g/mol. The molecule has 0 aliphatic rings. The molecule has 260 valence electrons. The first-order valence-corrected chi connectivity index (χ1v) is 17.3. The summed E-state index contributed by atoms with van der Waals surface area (Å²) in [7, 11) is 0. The molecule has 0 saturated heterocycles. The fourth-order valence-electron chi connectivity index (χ4n) is 6.89. The Balaban J connectivity index is 0.00000420. The molecular weight excluding hydrogens is 824 g/mol. The average Bonchev–Trinajstić information content (AvgIpc) is 3.74. The van der Waals surface area contributed by atoms with Crippen molar-refractivity contribution in [2.75, 3.05) is 0 Å². The molecule has 0 aliphatic carbocycles. The van der Waals surface area contributed by atoms with E-state index in [2.05, 4.69) is 111 Å². The van der Waals surface area contributed by atoms with Crippen molar-refractivity contribution in [2.45, 2.75) is 40.7 Å². The van der Waals surface area contributed by atoms with Crippen LogP contribution in [0.2, 0.25) is 0 Å². The van der Waals surface area contributed by atoms with Gasteiger partial charge in [0.2, 0.25) is 0 Å². The van der Waals surface area contributed by atoms with Crippen molar-refractivity contribution in [3.63, 3.8) is 0 Å². The Kier molecular flexibility index (Phi) is 10.1. The van der Waals surface area contributed by atoms with Gasteiger partial charge in [-0.3, -0.25) is 4.68 Å². The van der Waals surface area contributed by atoms with Gasteiger partial charge in [0.25, 0.3) is 0 Å². The molecule has 0 unspecified atom stereocenters. The third-order valence-corrected chi connectivity index (χ3v) is 9.09. The maximum Gasteiger partial charge on any atom is 2.00 e. The molecule has 8 rings (SSSR count). The molecule has 0 radical (unpaired) electrons. The van der Waals surface area contributed by atoms with E-state index in [1.807, 2.05) is 65.7 Å². The molecule has 3 heterocycles. The Morgan fingerprint density at radius 3 is 2.33 bits per heavy atom. The van der Waals surface area contributed by atoms with Gasteiger partial charge in [-0.1, -0.05) is 67.9 Å². The third kappa shape index (κ3) is 7.17. The van der Waals surface area contributed by atoms with Gasteiger partial charge in [-0.15, -0.1) is 35.7 Å². The molecule has 5 aromatic carbocycles. The second-order valence-corrected chi connectivity index (χ2v) is 13.4. The van der Waals surface area contributed by atoms with Crippen molar-refractivity contribution in [1.29, 1.82) is 0 Å². The van der Waals surface area contributed by atoms with Crippen molar-refractivity contribution in [2.24, 2.45) is 5.92 Å². The number of ether oxygens (including phenoxy) is 2. The maximum absolute atomic E-state index is 6.41. The number of aryl methyl sites for hydroxylation is 2. The molecule has 0 saturated carbocycles. The summed E-state index contributed by atoms with van der Waals surface area (Å²) in [5, 5.41) is 6.95. The van der Waals surface area contributed by atoms with Crippen LogP contribution in [0.4, 0.5) is 0 Å². The van der Waals surface area contributed by atoms with E-state index >= 15 is 0 Å². The molecule has 0 bridgehead atoms. The first kappa shape index (κ1) is 35.0. The number of benzene rings is 5. The van der Waals surface area contributed by atoms with Crippen LogP contribution in [0.1, 0.15) is 36.1 Å². The molecule has 0 amide bonds. The number of fused-ring (bicyclic) bond motifs is 3.